The zero-order valence-corrected chi connectivity index (χ0v) is 30.4. The molecule has 3 aliphatic rings. The number of halogens is 1. The van der Waals surface area contributed by atoms with Gasteiger partial charge in [-0.15, -0.1) is 0 Å². The Morgan fingerprint density at radius 1 is 1.02 bits per heavy atom. The fourth-order valence-electron chi connectivity index (χ4n) is 7.46. The van der Waals surface area contributed by atoms with Crippen molar-refractivity contribution in [2.24, 2.45) is 17.3 Å². The average molecular weight is 757 g/mol. The van der Waals surface area contributed by atoms with Gasteiger partial charge in [-0.05, 0) is 80.3 Å². The number of rotatable bonds is 8. The molecule has 2 aliphatic heterocycles. The molecular weight excluding hydrogens is 714 g/mol. The average Bonchev–Trinajstić information content (AvgIpc) is 3.43. The Morgan fingerprint density at radius 2 is 1.82 bits per heavy atom. The van der Waals surface area contributed by atoms with E-state index in [1.54, 1.807) is 17.0 Å². The molecule has 0 unspecified atom stereocenters. The Labute approximate surface area is 305 Å². The van der Waals surface area contributed by atoms with Crippen molar-refractivity contribution in [3.63, 3.8) is 0 Å². The molecule has 260 valence electrons. The molecule has 0 bridgehead atoms. The van der Waals surface area contributed by atoms with Crippen LogP contribution >= 0.6 is 27.3 Å². The highest BCUT2D eigenvalue weighted by Crippen LogP contribution is 2.57. The summed E-state index contributed by atoms with van der Waals surface area (Å²) in [5, 5.41) is 0.521. The first kappa shape index (κ1) is 34.4. The molecule has 5 atom stereocenters. The number of Topliss-reactive ketones (excluding diaryl/α,β-unsaturated/α-hetero) is 1. The molecule has 7 rings (SSSR count). The number of ketones is 1. The fourth-order valence-corrected chi connectivity index (χ4v) is 8.89. The number of amides is 2. The van der Waals surface area contributed by atoms with E-state index in [9.17, 15) is 14.4 Å². The summed E-state index contributed by atoms with van der Waals surface area (Å²) in [6.45, 7) is 0.302. The van der Waals surface area contributed by atoms with Gasteiger partial charge in [0.2, 0.25) is 5.91 Å². The summed E-state index contributed by atoms with van der Waals surface area (Å²) in [6.07, 6.45) is 11.0. The molecule has 0 radical (unpaired) electrons. The summed E-state index contributed by atoms with van der Waals surface area (Å²) in [6, 6.07) is 24.6. The second-order valence-electron chi connectivity index (χ2n) is 13.8. The Hall–Kier alpha value is -4.02. The number of hydrogen-bond acceptors (Lipinski definition) is 7. The second kappa shape index (κ2) is 15.5. The van der Waals surface area contributed by atoms with Gasteiger partial charge in [0.05, 0.1) is 28.2 Å². The van der Waals surface area contributed by atoms with Crippen molar-refractivity contribution < 1.29 is 24.0 Å². The smallest absolute Gasteiger partial charge is 0.274 e. The van der Waals surface area contributed by atoms with E-state index in [0.717, 1.165) is 53.2 Å². The summed E-state index contributed by atoms with van der Waals surface area (Å²) in [4.78, 5) is 54.9. The van der Waals surface area contributed by atoms with Gasteiger partial charge >= 0.3 is 0 Å². The Morgan fingerprint density at radius 3 is 2.64 bits per heavy atom. The van der Waals surface area contributed by atoms with Gasteiger partial charge in [-0.3, -0.25) is 14.4 Å². The van der Waals surface area contributed by atoms with Crippen molar-refractivity contribution in [2.45, 2.75) is 76.4 Å². The van der Waals surface area contributed by atoms with Crippen LogP contribution in [0.2, 0.25) is 0 Å². The number of para-hydroxylation sites is 1. The van der Waals surface area contributed by atoms with Crippen molar-refractivity contribution in [1.82, 2.24) is 15.4 Å². The minimum atomic E-state index is -0.927. The van der Waals surface area contributed by atoms with E-state index in [1.165, 1.54) is 16.9 Å². The van der Waals surface area contributed by atoms with E-state index in [-0.39, 0.29) is 35.9 Å². The molecule has 3 aromatic carbocycles. The van der Waals surface area contributed by atoms with Crippen molar-refractivity contribution in [2.75, 3.05) is 6.54 Å². The second-order valence-corrected chi connectivity index (χ2v) is 15.7. The van der Waals surface area contributed by atoms with E-state index >= 15 is 0 Å². The fraction of sp³-hybridized carbons (Fsp3) is 0.400. The normalized spacial score (nSPS) is 26.3. The third-order valence-electron chi connectivity index (χ3n) is 10.4. The highest BCUT2D eigenvalue weighted by molar-refractivity contribution is 9.10. The van der Waals surface area contributed by atoms with E-state index in [1.807, 2.05) is 54.6 Å². The highest BCUT2D eigenvalue weighted by Gasteiger charge is 2.61. The number of carbonyl (C=O) groups is 3. The third-order valence-corrected chi connectivity index (χ3v) is 11.8. The molecule has 1 aliphatic carbocycles. The van der Waals surface area contributed by atoms with Gasteiger partial charge in [0.15, 0.2) is 11.5 Å². The minimum Gasteiger partial charge on any atom is -0.465 e. The predicted octanol–water partition coefficient (Wildman–Crippen LogP) is 8.25. The Bertz CT molecular complexity index is 1850. The van der Waals surface area contributed by atoms with Gasteiger partial charge < -0.3 is 14.5 Å². The van der Waals surface area contributed by atoms with Crippen molar-refractivity contribution in [1.29, 1.82) is 0 Å². The standard InChI is InChI=1S/C40H42BrN3O5S/c41-30-20-21-33-36(22-30)50-39(42-33)48-32-23-34-35(45)25-40(38(47)43-49-31-16-10-5-11-17-31)24-29(40)15-9-3-1-2-8-14-28(37(46)44(34)26-32)19-18-27-12-6-4-7-13-27/h4-7,9-13,15-17,20-22,28-29,32,34H,1-3,8,14,18-19,23-26H2,(H,43,47)/b15-9-/t28-,29-,32-,34+,40-/m1/s1. The van der Waals surface area contributed by atoms with E-state index in [2.05, 4.69) is 50.7 Å². The summed E-state index contributed by atoms with van der Waals surface area (Å²) in [5.74, 6) is -0.183. The number of carbonyl (C=O) groups excluding carboxylic acids is 3. The van der Waals surface area contributed by atoms with Gasteiger partial charge in [0, 0.05) is 23.2 Å². The van der Waals surface area contributed by atoms with Crippen molar-refractivity contribution in [3.8, 4) is 10.9 Å². The Balaban J connectivity index is 1.14. The number of allylic oxidation sites excluding steroid dienone is 2. The number of aryl methyl sites for hydroxylation is 1. The molecule has 0 spiro atoms. The van der Waals surface area contributed by atoms with Gasteiger partial charge in [-0.1, -0.05) is 101 Å². The van der Waals surface area contributed by atoms with Crippen LogP contribution < -0.4 is 15.1 Å². The number of ether oxygens (including phenoxy) is 1. The summed E-state index contributed by atoms with van der Waals surface area (Å²) >= 11 is 4.98. The first-order chi connectivity index (χ1) is 24.4. The summed E-state index contributed by atoms with van der Waals surface area (Å²) < 4.78 is 8.39. The maximum Gasteiger partial charge on any atom is 0.274 e. The van der Waals surface area contributed by atoms with Crippen LogP contribution in [0.4, 0.5) is 0 Å². The first-order valence-corrected chi connectivity index (χ1v) is 19.3. The molecule has 2 fully saturated rings. The Kier molecular flexibility index (Phi) is 10.7. The number of hydrogen-bond donors (Lipinski definition) is 1. The highest BCUT2D eigenvalue weighted by atomic mass is 79.9. The van der Waals surface area contributed by atoms with Gasteiger partial charge in [-0.2, -0.15) is 5.48 Å². The molecule has 3 heterocycles. The summed E-state index contributed by atoms with van der Waals surface area (Å²) in [7, 11) is 0. The van der Waals surface area contributed by atoms with Crippen LogP contribution in [0.15, 0.2) is 95.5 Å². The quantitative estimate of drug-likeness (QED) is 0.144. The van der Waals surface area contributed by atoms with Gasteiger partial charge in [-0.25, -0.2) is 4.98 Å². The molecule has 1 aromatic heterocycles. The maximum atomic E-state index is 14.6. The molecule has 4 aromatic rings. The van der Waals surface area contributed by atoms with Crippen LogP contribution in [-0.2, 0) is 20.8 Å². The number of nitrogens with one attached hydrogen (secondary N) is 1. The van der Waals surface area contributed by atoms with Crippen LogP contribution in [0.1, 0.15) is 63.4 Å². The van der Waals surface area contributed by atoms with Crippen LogP contribution in [0.3, 0.4) is 0 Å². The van der Waals surface area contributed by atoms with Crippen molar-refractivity contribution >= 4 is 55.1 Å². The number of aromatic nitrogens is 1. The summed E-state index contributed by atoms with van der Waals surface area (Å²) in [5.41, 5.74) is 3.75. The van der Waals surface area contributed by atoms with Crippen LogP contribution in [0.5, 0.6) is 10.9 Å². The lowest BCUT2D eigenvalue weighted by Gasteiger charge is -2.29. The van der Waals surface area contributed by atoms with E-state index in [4.69, 9.17) is 9.57 Å². The molecule has 2 amide bonds. The van der Waals surface area contributed by atoms with Crippen LogP contribution in [0, 0.1) is 17.3 Å². The molecule has 8 nitrogen and oxygen atoms in total. The number of fused-ring (bicyclic) bond motifs is 3. The van der Waals surface area contributed by atoms with Crippen LogP contribution in [-0.4, -0.2) is 46.2 Å². The van der Waals surface area contributed by atoms with Gasteiger partial charge in [0.25, 0.3) is 11.1 Å². The largest absolute Gasteiger partial charge is 0.465 e. The lowest BCUT2D eigenvalue weighted by atomic mass is 9.90. The number of nitrogens with zero attached hydrogens (tertiary/aromatic N) is 2. The van der Waals surface area contributed by atoms with Crippen LogP contribution in [0.25, 0.3) is 10.2 Å². The van der Waals surface area contributed by atoms with E-state index in [0.29, 0.717) is 36.8 Å². The molecule has 1 saturated heterocycles. The molecule has 50 heavy (non-hydrogen) atoms. The zero-order valence-electron chi connectivity index (χ0n) is 28.0. The molecule has 10 heteroatoms. The zero-order chi connectivity index (χ0) is 34.5. The SMILES string of the molecule is O=C1C[C@]2(C(=O)NOc3ccccc3)C[C@H]2/C=C\CCCCC[C@H](CCc2ccccc2)C(=O)N2C[C@H](Oc3nc4ccc(Br)cc4s3)C[C@@H]12. The maximum absolute atomic E-state index is 14.6. The number of benzene rings is 3. The monoisotopic (exact) mass is 755 g/mol. The first-order valence-electron chi connectivity index (χ1n) is 17.7. The van der Waals surface area contributed by atoms with E-state index < -0.39 is 17.6 Å². The lowest BCUT2D eigenvalue weighted by Crippen LogP contribution is -2.46. The number of thiazole rings is 1. The molecule has 1 saturated carbocycles. The molecular formula is C40H42BrN3O5S. The molecule has 1 N–H and O–H groups in total. The predicted molar refractivity (Wildman–Crippen MR) is 198 cm³/mol. The minimum absolute atomic E-state index is 0.00451. The topological polar surface area (TPSA) is 97.8 Å². The van der Waals surface area contributed by atoms with Crippen molar-refractivity contribution in [3.05, 3.63) is 101 Å². The lowest BCUT2D eigenvalue weighted by molar-refractivity contribution is -0.143. The number of hydroxylamine groups is 1. The third kappa shape index (κ3) is 7.97. The van der Waals surface area contributed by atoms with Gasteiger partial charge in [0.1, 0.15) is 6.10 Å².